The van der Waals surface area contributed by atoms with Crippen LogP contribution in [-0.4, -0.2) is 77.9 Å². The highest BCUT2D eigenvalue weighted by atomic mass is 35.5. The van der Waals surface area contributed by atoms with Gasteiger partial charge in [-0.3, -0.25) is 19.0 Å². The highest BCUT2D eigenvalue weighted by Crippen LogP contribution is 2.38. The summed E-state index contributed by atoms with van der Waals surface area (Å²) in [6.07, 6.45) is 2.93. The van der Waals surface area contributed by atoms with Crippen LogP contribution in [0.3, 0.4) is 0 Å². The monoisotopic (exact) mass is 946 g/mol. The predicted octanol–water partition coefficient (Wildman–Crippen LogP) is 9.80. The van der Waals surface area contributed by atoms with Gasteiger partial charge in [-0.05, 0) is 85.3 Å². The molecule has 6 aromatic rings. The number of nitrogens with zero attached hydrogens (tertiary/aromatic N) is 6. The van der Waals surface area contributed by atoms with Crippen molar-refractivity contribution in [3.8, 4) is 22.5 Å². The molecule has 16 heteroatoms. The third kappa shape index (κ3) is 10.2. The molecule has 4 N–H and O–H groups in total. The van der Waals surface area contributed by atoms with E-state index >= 15 is 0 Å². The Balaban J connectivity index is 0.914. The molecule has 0 aliphatic carbocycles. The minimum atomic E-state index is -0.758. The fraction of sp³-hybridized carbons (Fsp3) is 0.304. The fourth-order valence-corrected chi connectivity index (χ4v) is 11.5. The molecule has 2 amide bonds. The molecule has 4 atom stereocenters. The number of amides is 2. The van der Waals surface area contributed by atoms with Crippen LogP contribution in [0.25, 0.3) is 22.5 Å². The number of aromatic nitrogens is 4. The summed E-state index contributed by atoms with van der Waals surface area (Å²) in [5.41, 5.74) is 20.6. The Kier molecular flexibility index (Phi) is 14.6. The number of halogens is 4. The van der Waals surface area contributed by atoms with E-state index in [0.717, 1.165) is 46.7 Å². The molecular weight excluding hydrogens is 903 g/mol. The van der Waals surface area contributed by atoms with Crippen molar-refractivity contribution in [3.05, 3.63) is 152 Å². The zero-order valence-electron chi connectivity index (χ0n) is 33.8. The number of carbonyl (C=O) groups excluding carboxylic acids is 2. The Labute approximate surface area is 389 Å². The van der Waals surface area contributed by atoms with E-state index in [1.807, 2.05) is 79.8 Å². The van der Waals surface area contributed by atoms with Crippen LogP contribution in [-0.2, 0) is 35.5 Å². The topological polar surface area (TPSA) is 128 Å². The van der Waals surface area contributed by atoms with Crippen molar-refractivity contribution in [2.75, 3.05) is 24.6 Å². The molecule has 2 aliphatic rings. The Morgan fingerprint density at radius 2 is 0.984 bits per heavy atom. The summed E-state index contributed by atoms with van der Waals surface area (Å²) in [6.45, 7) is 2.00. The van der Waals surface area contributed by atoms with Crippen LogP contribution in [0.15, 0.2) is 109 Å². The summed E-state index contributed by atoms with van der Waals surface area (Å²) in [7, 11) is 2.92. The van der Waals surface area contributed by atoms with Crippen molar-refractivity contribution in [1.82, 2.24) is 29.4 Å². The first-order valence-electron chi connectivity index (χ1n) is 20.5. The van der Waals surface area contributed by atoms with E-state index in [4.69, 9.17) is 68.1 Å². The van der Waals surface area contributed by atoms with Gasteiger partial charge in [0.05, 0.1) is 70.1 Å². The average Bonchev–Trinajstić information content (AvgIpc) is 3.91. The molecule has 0 saturated carbocycles. The lowest BCUT2D eigenvalue weighted by Crippen LogP contribution is -2.50. The summed E-state index contributed by atoms with van der Waals surface area (Å²) in [4.78, 5) is 32.2. The second kappa shape index (κ2) is 20.2. The highest BCUT2D eigenvalue weighted by Gasteiger charge is 2.37. The van der Waals surface area contributed by atoms with Gasteiger partial charge in [-0.1, -0.05) is 129 Å². The summed E-state index contributed by atoms with van der Waals surface area (Å²) < 4.78 is 3.95. The number of nitrogens with two attached hydrogens (primary N) is 2. The normalized spacial score (nSPS) is 17.1. The maximum Gasteiger partial charge on any atom is 0.241 e. The first-order chi connectivity index (χ1) is 30.0. The van der Waals surface area contributed by atoms with E-state index in [2.05, 4.69) is 24.3 Å². The van der Waals surface area contributed by atoms with Crippen molar-refractivity contribution in [2.24, 2.45) is 11.5 Å². The van der Waals surface area contributed by atoms with E-state index < -0.39 is 12.1 Å². The minimum absolute atomic E-state index is 0.125. The van der Waals surface area contributed by atoms with Gasteiger partial charge in [0.25, 0.3) is 0 Å². The first kappa shape index (κ1) is 44.6. The van der Waals surface area contributed by atoms with Crippen LogP contribution >= 0.6 is 68.0 Å². The van der Waals surface area contributed by atoms with Crippen LogP contribution in [0.1, 0.15) is 47.4 Å². The van der Waals surface area contributed by atoms with E-state index in [1.165, 1.54) is 32.7 Å². The zero-order chi connectivity index (χ0) is 43.3. The molecule has 2 unspecified atom stereocenters. The van der Waals surface area contributed by atoms with Crippen molar-refractivity contribution >= 4 is 79.8 Å². The van der Waals surface area contributed by atoms with Gasteiger partial charge in [0.2, 0.25) is 11.8 Å². The maximum absolute atomic E-state index is 14.2. The molecule has 4 aromatic carbocycles. The van der Waals surface area contributed by atoms with Crippen LogP contribution in [0, 0.1) is 0 Å². The van der Waals surface area contributed by atoms with Crippen LogP contribution in [0.4, 0.5) is 0 Å². The molecule has 0 spiro atoms. The van der Waals surface area contributed by atoms with Gasteiger partial charge in [-0.2, -0.15) is 10.2 Å². The molecule has 0 fully saturated rings. The van der Waals surface area contributed by atoms with Crippen LogP contribution in [0.5, 0.6) is 0 Å². The standard InChI is InChI=1S/C46H46Cl4N8O2S2/c47-31-13-15-33(35(49)23-31)39-25-43-41(17-11-29-7-3-1-4-8-29)55(19-21-57(43)53-39)45(59)37(51)27-61-62-28-38(52)46(60)56-20-22-58-44(42(56)18-12-30-9-5-2-6-10-30)26-40(54-58)34-16-14-32(48)24-36(34)50/h1-10,13-16,23-26,37-38,41-42H,11-12,17-22,27-28,51-52H2/t37-,38-,41?,42?/m0/s1. The molecule has 2 aromatic heterocycles. The van der Waals surface area contributed by atoms with Gasteiger partial charge in [0.1, 0.15) is 0 Å². The molecule has 8 rings (SSSR count). The van der Waals surface area contributed by atoms with E-state index in [-0.39, 0.29) is 23.9 Å². The van der Waals surface area contributed by atoms with Gasteiger partial charge in [-0.15, -0.1) is 0 Å². The first-order valence-corrected chi connectivity index (χ1v) is 24.5. The largest absolute Gasteiger partial charge is 0.331 e. The Morgan fingerprint density at radius 3 is 1.37 bits per heavy atom. The Hall–Kier alpha value is -3.98. The van der Waals surface area contributed by atoms with E-state index in [1.54, 1.807) is 24.3 Å². The summed E-state index contributed by atoms with van der Waals surface area (Å²) >= 11 is 25.6. The van der Waals surface area contributed by atoms with E-state index in [9.17, 15) is 9.59 Å². The van der Waals surface area contributed by atoms with Crippen LogP contribution in [0.2, 0.25) is 20.1 Å². The Bertz CT molecular complexity index is 2350. The number of rotatable bonds is 15. The third-order valence-electron chi connectivity index (χ3n) is 11.5. The molecule has 62 heavy (non-hydrogen) atoms. The number of benzene rings is 4. The molecular formula is C46H46Cl4N8O2S2. The summed E-state index contributed by atoms with van der Waals surface area (Å²) in [5, 5.41) is 11.9. The van der Waals surface area contributed by atoms with Crippen molar-refractivity contribution < 1.29 is 9.59 Å². The zero-order valence-corrected chi connectivity index (χ0v) is 38.4. The lowest BCUT2D eigenvalue weighted by atomic mass is 9.98. The van der Waals surface area contributed by atoms with E-state index in [0.29, 0.717) is 70.6 Å². The second-order valence-electron chi connectivity index (χ2n) is 15.5. The number of fused-ring (bicyclic) bond motifs is 2. The van der Waals surface area contributed by atoms with Gasteiger partial charge >= 0.3 is 0 Å². The average molecular weight is 949 g/mol. The van der Waals surface area contributed by atoms with Crippen molar-refractivity contribution in [3.63, 3.8) is 0 Å². The lowest BCUT2D eigenvalue weighted by molar-refractivity contribution is -0.136. The molecule has 0 bridgehead atoms. The van der Waals surface area contributed by atoms with Gasteiger partial charge in [0, 0.05) is 45.8 Å². The van der Waals surface area contributed by atoms with Gasteiger partial charge < -0.3 is 21.3 Å². The molecule has 4 heterocycles. The molecule has 0 saturated heterocycles. The predicted molar refractivity (Wildman–Crippen MR) is 255 cm³/mol. The minimum Gasteiger partial charge on any atom is -0.331 e. The molecule has 322 valence electrons. The highest BCUT2D eigenvalue weighted by molar-refractivity contribution is 8.76. The smallest absolute Gasteiger partial charge is 0.241 e. The van der Waals surface area contributed by atoms with Crippen molar-refractivity contribution in [2.45, 2.75) is 62.9 Å². The SMILES string of the molecule is N[C@@H](CSSC[C@H](N)C(=O)N1CCn2nc(-c3ccc(Cl)cc3Cl)cc2C1CCc1ccccc1)C(=O)N1CCn2nc(-c3ccc(Cl)cc3Cl)cc2C1CCc1ccccc1. The number of hydrogen-bond acceptors (Lipinski definition) is 8. The quantitative estimate of drug-likeness (QED) is 0.0770. The Morgan fingerprint density at radius 1 is 0.581 bits per heavy atom. The number of hydrogen-bond donors (Lipinski definition) is 2. The molecule has 10 nitrogen and oxygen atoms in total. The fourth-order valence-electron chi connectivity index (χ4n) is 8.29. The van der Waals surface area contributed by atoms with Crippen LogP contribution < -0.4 is 11.5 Å². The summed E-state index contributed by atoms with van der Waals surface area (Å²) in [5.74, 6) is 0.465. The summed E-state index contributed by atoms with van der Waals surface area (Å²) in [6, 6.07) is 33.3. The third-order valence-corrected chi connectivity index (χ3v) is 15.0. The van der Waals surface area contributed by atoms with Gasteiger partial charge in [0.15, 0.2) is 0 Å². The lowest BCUT2D eigenvalue weighted by Gasteiger charge is -2.38. The number of carbonyl (C=O) groups is 2. The van der Waals surface area contributed by atoms with Gasteiger partial charge in [-0.25, -0.2) is 0 Å². The molecule has 0 radical (unpaired) electrons. The second-order valence-corrected chi connectivity index (χ2v) is 19.8. The van der Waals surface area contributed by atoms with Crippen molar-refractivity contribution in [1.29, 1.82) is 0 Å². The molecule has 2 aliphatic heterocycles. The number of aryl methyl sites for hydroxylation is 2. The maximum atomic E-state index is 14.2.